The Morgan fingerprint density at radius 2 is 1.96 bits per heavy atom. The quantitative estimate of drug-likeness (QED) is 0.726. The Labute approximate surface area is 146 Å². The third kappa shape index (κ3) is 3.43. The summed E-state index contributed by atoms with van der Waals surface area (Å²) < 4.78 is 7.44. The number of carbonyl (C=O) groups excluding carboxylic acids is 1. The van der Waals surface area contributed by atoms with Crippen LogP contribution in [0.1, 0.15) is 16.2 Å². The molecule has 0 saturated heterocycles. The molecule has 8 heteroatoms. The third-order valence-corrected chi connectivity index (χ3v) is 4.07. The van der Waals surface area contributed by atoms with E-state index in [1.807, 2.05) is 36.4 Å². The average Bonchev–Trinajstić information content (AvgIpc) is 3.08. The maximum atomic E-state index is 12.3. The summed E-state index contributed by atoms with van der Waals surface area (Å²) in [5.41, 5.74) is 1.34. The molecule has 0 unspecified atom stereocenters. The Hall–Kier alpha value is -2.74. The van der Waals surface area contributed by atoms with Crippen LogP contribution in [0.4, 0.5) is 0 Å². The Morgan fingerprint density at radius 3 is 2.67 bits per heavy atom. The van der Waals surface area contributed by atoms with Gasteiger partial charge in [0, 0.05) is 4.47 Å². The van der Waals surface area contributed by atoms with Crippen LogP contribution in [0.15, 0.2) is 53.0 Å². The van der Waals surface area contributed by atoms with Gasteiger partial charge < -0.3 is 10.1 Å². The predicted octanol–water partition coefficient (Wildman–Crippen LogP) is 2.36. The second-order valence-electron chi connectivity index (χ2n) is 4.87. The van der Waals surface area contributed by atoms with Gasteiger partial charge in [0.05, 0.1) is 24.9 Å². The van der Waals surface area contributed by atoms with Gasteiger partial charge in [-0.3, -0.25) is 4.79 Å². The molecular formula is C16H14BrN5O2. The number of nitrogens with zero attached hydrogens (tertiary/aromatic N) is 4. The van der Waals surface area contributed by atoms with Crippen molar-refractivity contribution in [1.82, 2.24) is 25.5 Å². The van der Waals surface area contributed by atoms with E-state index in [0.717, 1.165) is 15.9 Å². The molecule has 0 atom stereocenters. The molecule has 0 radical (unpaired) electrons. The number of tetrazole rings is 1. The highest BCUT2D eigenvalue weighted by atomic mass is 79.9. The number of halogens is 1. The molecule has 1 aromatic heterocycles. The van der Waals surface area contributed by atoms with Gasteiger partial charge in [-0.2, -0.15) is 4.68 Å². The van der Waals surface area contributed by atoms with Crippen molar-refractivity contribution >= 4 is 21.8 Å². The monoisotopic (exact) mass is 387 g/mol. The van der Waals surface area contributed by atoms with Gasteiger partial charge in [0.1, 0.15) is 5.75 Å². The van der Waals surface area contributed by atoms with E-state index < -0.39 is 0 Å². The van der Waals surface area contributed by atoms with Crippen molar-refractivity contribution in [3.63, 3.8) is 0 Å². The van der Waals surface area contributed by atoms with Gasteiger partial charge in [0.15, 0.2) is 5.82 Å². The molecule has 0 fully saturated rings. The first-order valence-corrected chi connectivity index (χ1v) is 7.93. The van der Waals surface area contributed by atoms with Gasteiger partial charge >= 0.3 is 0 Å². The molecule has 7 nitrogen and oxygen atoms in total. The zero-order valence-electron chi connectivity index (χ0n) is 12.8. The molecule has 0 aliphatic carbocycles. The first kappa shape index (κ1) is 16.1. The first-order chi connectivity index (χ1) is 11.7. The summed E-state index contributed by atoms with van der Waals surface area (Å²) >= 11 is 3.36. The Morgan fingerprint density at radius 1 is 1.21 bits per heavy atom. The number of ether oxygens (including phenoxy) is 1. The number of aromatic nitrogens is 4. The molecule has 0 bridgehead atoms. The molecular weight excluding hydrogens is 374 g/mol. The van der Waals surface area contributed by atoms with Crippen molar-refractivity contribution in [1.29, 1.82) is 0 Å². The molecule has 1 heterocycles. The van der Waals surface area contributed by atoms with Gasteiger partial charge in [-0.15, -0.1) is 5.10 Å². The van der Waals surface area contributed by atoms with Crippen molar-refractivity contribution in [2.24, 2.45) is 0 Å². The summed E-state index contributed by atoms with van der Waals surface area (Å²) in [6.45, 7) is 0.208. The van der Waals surface area contributed by atoms with E-state index in [1.165, 1.54) is 0 Å². The van der Waals surface area contributed by atoms with Crippen LogP contribution in [0.3, 0.4) is 0 Å². The summed E-state index contributed by atoms with van der Waals surface area (Å²) in [7, 11) is 1.61. The predicted molar refractivity (Wildman–Crippen MR) is 91.0 cm³/mol. The molecule has 122 valence electrons. The van der Waals surface area contributed by atoms with Crippen LogP contribution in [0.5, 0.6) is 5.75 Å². The zero-order chi connectivity index (χ0) is 16.9. The molecule has 0 saturated carbocycles. The van der Waals surface area contributed by atoms with E-state index in [2.05, 4.69) is 36.8 Å². The largest absolute Gasteiger partial charge is 0.497 e. The highest BCUT2D eigenvalue weighted by molar-refractivity contribution is 9.10. The zero-order valence-corrected chi connectivity index (χ0v) is 14.4. The molecule has 0 aliphatic rings. The second kappa shape index (κ2) is 7.22. The number of hydrogen-bond acceptors (Lipinski definition) is 5. The van der Waals surface area contributed by atoms with Crippen LogP contribution in [-0.4, -0.2) is 33.2 Å². The van der Waals surface area contributed by atoms with Crippen molar-refractivity contribution < 1.29 is 9.53 Å². The van der Waals surface area contributed by atoms with E-state index in [0.29, 0.717) is 11.4 Å². The number of nitrogens with one attached hydrogen (secondary N) is 1. The van der Waals surface area contributed by atoms with Gasteiger partial charge in [-0.25, -0.2) is 0 Å². The van der Waals surface area contributed by atoms with Crippen LogP contribution in [0, 0.1) is 0 Å². The highest BCUT2D eigenvalue weighted by Crippen LogP contribution is 2.16. The van der Waals surface area contributed by atoms with Crippen molar-refractivity contribution in [2.75, 3.05) is 7.11 Å². The van der Waals surface area contributed by atoms with Crippen LogP contribution < -0.4 is 10.1 Å². The first-order valence-electron chi connectivity index (χ1n) is 7.13. The summed E-state index contributed by atoms with van der Waals surface area (Å²) in [6, 6.07) is 14.5. The molecule has 1 N–H and O–H groups in total. The topological polar surface area (TPSA) is 81.9 Å². The molecule has 3 rings (SSSR count). The fourth-order valence-electron chi connectivity index (χ4n) is 2.14. The lowest BCUT2D eigenvalue weighted by molar-refractivity contribution is 0.0949. The van der Waals surface area contributed by atoms with E-state index in [9.17, 15) is 4.79 Å². The number of rotatable bonds is 5. The van der Waals surface area contributed by atoms with Gasteiger partial charge in [0.25, 0.3) is 5.91 Å². The molecule has 24 heavy (non-hydrogen) atoms. The Bertz CT molecular complexity index is 848. The minimum atomic E-state index is -0.202. The minimum absolute atomic E-state index is 0.202. The van der Waals surface area contributed by atoms with Gasteiger partial charge in [-0.1, -0.05) is 12.1 Å². The van der Waals surface area contributed by atoms with Crippen molar-refractivity contribution in [2.45, 2.75) is 6.54 Å². The number of amides is 1. The molecule has 3 aromatic rings. The molecule has 1 amide bonds. The second-order valence-corrected chi connectivity index (χ2v) is 5.72. The summed E-state index contributed by atoms with van der Waals surface area (Å²) in [4.78, 5) is 12.3. The average molecular weight is 388 g/mol. The van der Waals surface area contributed by atoms with Gasteiger partial charge in [-0.05, 0) is 62.8 Å². The van der Waals surface area contributed by atoms with E-state index in [4.69, 9.17) is 4.74 Å². The summed E-state index contributed by atoms with van der Waals surface area (Å²) in [5, 5.41) is 14.4. The van der Waals surface area contributed by atoms with Gasteiger partial charge in [0.2, 0.25) is 0 Å². The SMILES string of the molecule is COc1ccc(-n2nnnc2CNC(=O)c2ccccc2Br)cc1. The van der Waals surface area contributed by atoms with Crippen molar-refractivity contribution in [3.05, 3.63) is 64.4 Å². The summed E-state index contributed by atoms with van der Waals surface area (Å²) in [5.74, 6) is 1.07. The Kier molecular flexibility index (Phi) is 4.85. The van der Waals surface area contributed by atoms with Crippen LogP contribution in [0.2, 0.25) is 0 Å². The number of hydrogen-bond donors (Lipinski definition) is 1. The molecule has 0 spiro atoms. The number of carbonyl (C=O) groups is 1. The lowest BCUT2D eigenvalue weighted by atomic mass is 10.2. The smallest absolute Gasteiger partial charge is 0.252 e. The molecule has 2 aromatic carbocycles. The van der Waals surface area contributed by atoms with E-state index in [1.54, 1.807) is 23.9 Å². The lowest BCUT2D eigenvalue weighted by Gasteiger charge is -2.08. The minimum Gasteiger partial charge on any atom is -0.497 e. The van der Waals surface area contributed by atoms with Crippen LogP contribution >= 0.6 is 15.9 Å². The van der Waals surface area contributed by atoms with E-state index >= 15 is 0 Å². The highest BCUT2D eigenvalue weighted by Gasteiger charge is 2.12. The standard InChI is InChI=1S/C16H14BrN5O2/c1-24-12-8-6-11(7-9-12)22-15(19-20-21-22)10-18-16(23)13-4-2-3-5-14(13)17/h2-9H,10H2,1H3,(H,18,23). The lowest BCUT2D eigenvalue weighted by Crippen LogP contribution is -2.25. The number of benzene rings is 2. The van der Waals surface area contributed by atoms with E-state index in [-0.39, 0.29) is 12.5 Å². The molecule has 0 aliphatic heterocycles. The van der Waals surface area contributed by atoms with Crippen LogP contribution in [0.25, 0.3) is 5.69 Å². The maximum Gasteiger partial charge on any atom is 0.252 e. The normalized spacial score (nSPS) is 10.4. The fraction of sp³-hybridized carbons (Fsp3) is 0.125. The maximum absolute atomic E-state index is 12.3. The fourth-order valence-corrected chi connectivity index (χ4v) is 2.60. The third-order valence-electron chi connectivity index (χ3n) is 3.38. The number of methoxy groups -OCH3 is 1. The Balaban J connectivity index is 1.74. The van der Waals surface area contributed by atoms with Crippen molar-refractivity contribution in [3.8, 4) is 11.4 Å². The van der Waals surface area contributed by atoms with Crippen LogP contribution in [-0.2, 0) is 6.54 Å². The summed E-state index contributed by atoms with van der Waals surface area (Å²) in [6.07, 6.45) is 0.